The Morgan fingerprint density at radius 1 is 1.13 bits per heavy atom. The molecule has 0 fully saturated rings. The Bertz CT molecular complexity index is 1170. The first-order valence-corrected chi connectivity index (χ1v) is 17.5. The molecule has 2 aromatic carbocycles. The van der Waals surface area contributed by atoms with E-state index in [2.05, 4.69) is 55.9 Å². The molecular weight excluding hydrogens is 580 g/mol. The number of benzene rings is 2. The molecule has 2 aromatic rings. The largest absolute Gasteiger partial charge is 0.493 e. The monoisotopic (exact) mass is 620 g/mol. The molecule has 0 aliphatic carbocycles. The van der Waals surface area contributed by atoms with Gasteiger partial charge in [-0.15, -0.1) is 0 Å². The van der Waals surface area contributed by atoms with E-state index in [4.69, 9.17) is 13.9 Å². The van der Waals surface area contributed by atoms with Crippen LogP contribution in [0.25, 0.3) is 0 Å². The van der Waals surface area contributed by atoms with Crippen molar-refractivity contribution in [1.82, 2.24) is 4.90 Å². The Labute approximate surface area is 241 Å². The molecule has 0 aromatic heterocycles. The molecule has 3 rings (SSSR count). The first kappa shape index (κ1) is 31.1. The third-order valence-electron chi connectivity index (χ3n) is 7.80. The molecule has 1 aliphatic heterocycles. The lowest BCUT2D eigenvalue weighted by molar-refractivity contribution is -0.385. The number of hydrogen-bond donors (Lipinski definition) is 0. The summed E-state index contributed by atoms with van der Waals surface area (Å²) in [6, 6.07) is 10.5. The van der Waals surface area contributed by atoms with Crippen LogP contribution in [0, 0.1) is 10.1 Å². The lowest BCUT2D eigenvalue weighted by atomic mass is 9.93. The van der Waals surface area contributed by atoms with E-state index in [-0.39, 0.29) is 28.1 Å². The molecule has 39 heavy (non-hydrogen) atoms. The zero-order valence-electron chi connectivity index (χ0n) is 23.9. The molecule has 0 radical (unpaired) electrons. The van der Waals surface area contributed by atoms with Gasteiger partial charge in [-0.2, -0.15) is 0 Å². The number of methoxy groups -OCH3 is 1. The number of carbonyl (C=O) groups excluding carboxylic acids is 1. The van der Waals surface area contributed by atoms with Crippen LogP contribution in [0.15, 0.2) is 36.4 Å². The van der Waals surface area contributed by atoms with Crippen LogP contribution >= 0.6 is 15.9 Å². The molecule has 10 heteroatoms. The van der Waals surface area contributed by atoms with Crippen molar-refractivity contribution in [2.45, 2.75) is 77.2 Å². The van der Waals surface area contributed by atoms with E-state index in [1.54, 1.807) is 4.90 Å². The number of carbonyl (C=O) groups is 1. The maximum Gasteiger partial charge on any atom is 0.286 e. The number of amides is 1. The molecule has 0 bridgehead atoms. The smallest absolute Gasteiger partial charge is 0.286 e. The van der Waals surface area contributed by atoms with Crippen molar-refractivity contribution >= 4 is 35.8 Å². The summed E-state index contributed by atoms with van der Waals surface area (Å²) in [6.45, 7) is 12.0. The van der Waals surface area contributed by atoms with Crippen LogP contribution in [0.4, 0.5) is 5.69 Å². The highest BCUT2D eigenvalue weighted by molar-refractivity contribution is 9.09. The fourth-order valence-electron chi connectivity index (χ4n) is 4.35. The van der Waals surface area contributed by atoms with Gasteiger partial charge in [-0.25, -0.2) is 0 Å². The Morgan fingerprint density at radius 2 is 1.82 bits per heavy atom. The summed E-state index contributed by atoms with van der Waals surface area (Å²) < 4.78 is 17.9. The summed E-state index contributed by atoms with van der Waals surface area (Å²) in [4.78, 5) is 27.4. The first-order valence-electron chi connectivity index (χ1n) is 13.5. The topological polar surface area (TPSA) is 91.1 Å². The third-order valence-corrected chi connectivity index (χ3v) is 12.9. The van der Waals surface area contributed by atoms with E-state index in [9.17, 15) is 14.9 Å². The maximum atomic E-state index is 14.1. The molecule has 0 N–H and O–H groups in total. The summed E-state index contributed by atoms with van der Waals surface area (Å²) in [5.41, 5.74) is 1.90. The van der Waals surface area contributed by atoms with Crippen molar-refractivity contribution in [1.29, 1.82) is 0 Å². The summed E-state index contributed by atoms with van der Waals surface area (Å²) in [5.74, 6) is 0.152. The van der Waals surface area contributed by atoms with Gasteiger partial charge in [0.15, 0.2) is 19.8 Å². The average Bonchev–Trinajstić information content (AvgIpc) is 2.89. The summed E-state index contributed by atoms with van der Waals surface area (Å²) in [5, 5.41) is 13.1. The van der Waals surface area contributed by atoms with E-state index in [0.29, 0.717) is 31.9 Å². The van der Waals surface area contributed by atoms with Gasteiger partial charge in [0.25, 0.3) is 11.6 Å². The van der Waals surface area contributed by atoms with Crippen molar-refractivity contribution in [3.8, 4) is 11.5 Å². The van der Waals surface area contributed by atoms with Crippen LogP contribution in [0.2, 0.25) is 18.1 Å². The number of nitro groups is 1. The van der Waals surface area contributed by atoms with Gasteiger partial charge in [-0.3, -0.25) is 14.9 Å². The fourth-order valence-corrected chi connectivity index (χ4v) is 5.79. The second kappa shape index (κ2) is 13.3. The van der Waals surface area contributed by atoms with E-state index in [1.807, 2.05) is 18.2 Å². The number of alkyl halides is 1. The number of halogens is 1. The highest BCUT2D eigenvalue weighted by atomic mass is 79.9. The van der Waals surface area contributed by atoms with E-state index < -0.39 is 19.1 Å². The predicted octanol–water partition coefficient (Wildman–Crippen LogP) is 7.14. The van der Waals surface area contributed by atoms with Crippen LogP contribution < -0.4 is 9.47 Å². The number of nitro benzene ring substituents is 1. The number of fused-ring (bicyclic) bond motifs is 1. The first-order chi connectivity index (χ1) is 18.4. The van der Waals surface area contributed by atoms with Crippen LogP contribution in [-0.4, -0.2) is 55.7 Å². The van der Waals surface area contributed by atoms with E-state index in [0.717, 1.165) is 30.2 Å². The van der Waals surface area contributed by atoms with Gasteiger partial charge < -0.3 is 18.8 Å². The molecule has 0 spiro atoms. The molecule has 1 atom stereocenters. The second-order valence-electron chi connectivity index (χ2n) is 11.5. The van der Waals surface area contributed by atoms with Crippen LogP contribution in [0.5, 0.6) is 11.5 Å². The normalized spacial score (nSPS) is 15.6. The second-order valence-corrected chi connectivity index (χ2v) is 17.1. The summed E-state index contributed by atoms with van der Waals surface area (Å²) in [7, 11) is -0.610. The SMILES string of the molecule is COc1cc(C(=O)N2Cc3ccccc3C[C@H]2CO[Si](C)(C)C(C)(C)C)c([N+](=O)[O-])cc1OCCCCCBr. The molecule has 1 amide bonds. The van der Waals surface area contributed by atoms with Crippen LogP contribution in [-0.2, 0) is 17.4 Å². The molecular formula is C29H41BrN2O6Si. The van der Waals surface area contributed by atoms with Crippen molar-refractivity contribution in [2.24, 2.45) is 0 Å². The van der Waals surface area contributed by atoms with Crippen molar-refractivity contribution in [3.05, 3.63) is 63.2 Å². The summed E-state index contributed by atoms with van der Waals surface area (Å²) >= 11 is 3.41. The Hall–Kier alpha value is -2.43. The van der Waals surface area contributed by atoms with Gasteiger partial charge in [-0.05, 0) is 54.9 Å². The molecule has 8 nitrogen and oxygen atoms in total. The van der Waals surface area contributed by atoms with Gasteiger partial charge >= 0.3 is 0 Å². The highest BCUT2D eigenvalue weighted by Gasteiger charge is 2.40. The highest BCUT2D eigenvalue weighted by Crippen LogP contribution is 2.39. The van der Waals surface area contributed by atoms with E-state index >= 15 is 0 Å². The molecule has 0 unspecified atom stereocenters. The Kier molecular flexibility index (Phi) is 10.6. The average molecular weight is 622 g/mol. The molecule has 1 heterocycles. The van der Waals surface area contributed by atoms with Crippen LogP contribution in [0.1, 0.15) is 61.5 Å². The Morgan fingerprint density at radius 3 is 2.44 bits per heavy atom. The predicted molar refractivity (Wildman–Crippen MR) is 160 cm³/mol. The summed E-state index contributed by atoms with van der Waals surface area (Å²) in [6.07, 6.45) is 3.43. The molecule has 0 saturated carbocycles. The number of ether oxygens (including phenoxy) is 2. The minimum Gasteiger partial charge on any atom is -0.493 e. The maximum absolute atomic E-state index is 14.1. The molecule has 1 aliphatic rings. The number of hydrogen-bond acceptors (Lipinski definition) is 6. The lowest BCUT2D eigenvalue weighted by Crippen LogP contribution is -2.50. The molecule has 0 saturated heterocycles. The minimum absolute atomic E-state index is 0.0137. The lowest BCUT2D eigenvalue weighted by Gasteiger charge is -2.41. The number of unbranched alkanes of at least 4 members (excludes halogenated alkanes) is 2. The Balaban J connectivity index is 1.94. The van der Waals surface area contributed by atoms with Crippen LogP contribution in [0.3, 0.4) is 0 Å². The fraction of sp³-hybridized carbons (Fsp3) is 0.552. The minimum atomic E-state index is -2.08. The zero-order chi connectivity index (χ0) is 28.8. The zero-order valence-corrected chi connectivity index (χ0v) is 26.5. The van der Waals surface area contributed by atoms with Gasteiger partial charge in [0, 0.05) is 17.9 Å². The third kappa shape index (κ3) is 7.61. The van der Waals surface area contributed by atoms with Gasteiger partial charge in [0.2, 0.25) is 0 Å². The van der Waals surface area contributed by atoms with Gasteiger partial charge in [0.05, 0.1) is 37.4 Å². The van der Waals surface area contributed by atoms with Crippen molar-refractivity contribution < 1.29 is 23.6 Å². The number of nitrogens with zero attached hydrogens (tertiary/aromatic N) is 2. The van der Waals surface area contributed by atoms with Gasteiger partial charge in [0.1, 0.15) is 5.56 Å². The number of rotatable bonds is 12. The standard InChI is InChI=1S/C29H41BrN2O6Si/c1-29(2,3)39(5,6)38-20-23-16-21-12-8-9-13-22(21)19-31(23)28(33)24-17-26(36-4)27(18-25(24)32(34)35)37-15-11-7-10-14-30/h8-9,12-13,17-18,23H,7,10-11,14-16,19-20H2,1-6H3/t23-/m0/s1. The quantitative estimate of drug-likeness (QED) is 0.0823. The van der Waals surface area contributed by atoms with Crippen molar-refractivity contribution in [3.63, 3.8) is 0 Å². The molecule has 214 valence electrons. The van der Waals surface area contributed by atoms with Crippen molar-refractivity contribution in [2.75, 3.05) is 25.7 Å². The van der Waals surface area contributed by atoms with Gasteiger partial charge in [-0.1, -0.05) is 61.0 Å². The van der Waals surface area contributed by atoms with E-state index in [1.165, 1.54) is 24.8 Å².